The Kier molecular flexibility index (Phi) is 7.82. The number of piperazine rings is 1. The summed E-state index contributed by atoms with van der Waals surface area (Å²) in [4.78, 5) is 9.00. The van der Waals surface area contributed by atoms with Gasteiger partial charge >= 0.3 is 0 Å². The summed E-state index contributed by atoms with van der Waals surface area (Å²) >= 11 is 0. The number of halogens is 1. The van der Waals surface area contributed by atoms with Crippen LogP contribution in [0.3, 0.4) is 0 Å². The maximum Gasteiger partial charge on any atom is 0.191 e. The molecule has 0 spiro atoms. The topological polar surface area (TPSA) is 42.9 Å². The lowest BCUT2D eigenvalue weighted by Gasteiger charge is -2.36. The van der Waals surface area contributed by atoms with Crippen LogP contribution in [0, 0.1) is 5.82 Å². The van der Waals surface area contributed by atoms with Crippen LogP contribution < -0.4 is 15.5 Å². The van der Waals surface area contributed by atoms with Crippen LogP contribution >= 0.6 is 0 Å². The smallest absolute Gasteiger partial charge is 0.191 e. The molecule has 0 amide bonds. The van der Waals surface area contributed by atoms with Crippen molar-refractivity contribution in [2.45, 2.75) is 19.8 Å². The van der Waals surface area contributed by atoms with Gasteiger partial charge in [-0.05, 0) is 30.7 Å². The van der Waals surface area contributed by atoms with E-state index in [1.807, 2.05) is 19.2 Å². The number of aliphatic imine (C=N–C) groups is 1. The Labute approximate surface area is 144 Å². The van der Waals surface area contributed by atoms with Crippen molar-refractivity contribution in [2.75, 3.05) is 57.8 Å². The lowest BCUT2D eigenvalue weighted by molar-refractivity contribution is 0.261. The summed E-state index contributed by atoms with van der Waals surface area (Å²) in [6, 6.07) is 6.78. The first kappa shape index (κ1) is 18.5. The third kappa shape index (κ3) is 6.00. The van der Waals surface area contributed by atoms with Crippen molar-refractivity contribution in [3.8, 4) is 0 Å². The third-order valence-corrected chi connectivity index (χ3v) is 4.33. The van der Waals surface area contributed by atoms with Gasteiger partial charge in [0.2, 0.25) is 0 Å². The molecule has 0 aromatic heterocycles. The summed E-state index contributed by atoms with van der Waals surface area (Å²) < 4.78 is 13.0. The second-order valence-electron chi connectivity index (χ2n) is 6.08. The molecule has 5 nitrogen and oxygen atoms in total. The van der Waals surface area contributed by atoms with E-state index in [1.54, 1.807) is 0 Å². The van der Waals surface area contributed by atoms with Gasteiger partial charge in [0.15, 0.2) is 5.96 Å². The van der Waals surface area contributed by atoms with E-state index in [1.165, 1.54) is 18.6 Å². The average molecular weight is 335 g/mol. The van der Waals surface area contributed by atoms with Crippen molar-refractivity contribution in [3.63, 3.8) is 0 Å². The van der Waals surface area contributed by atoms with E-state index in [9.17, 15) is 4.39 Å². The second kappa shape index (κ2) is 10.1. The molecule has 134 valence electrons. The number of benzene rings is 1. The van der Waals surface area contributed by atoms with E-state index in [0.717, 1.165) is 63.9 Å². The second-order valence-corrected chi connectivity index (χ2v) is 6.08. The number of nitrogens with one attached hydrogen (secondary N) is 2. The molecule has 0 unspecified atom stereocenters. The van der Waals surface area contributed by atoms with Gasteiger partial charge in [-0.25, -0.2) is 4.39 Å². The minimum atomic E-state index is -0.176. The van der Waals surface area contributed by atoms with Gasteiger partial charge in [-0.1, -0.05) is 13.3 Å². The van der Waals surface area contributed by atoms with Crippen molar-refractivity contribution in [1.82, 2.24) is 15.5 Å². The molecule has 2 N–H and O–H groups in total. The lowest BCUT2D eigenvalue weighted by Crippen LogP contribution is -2.49. The molecule has 0 atom stereocenters. The van der Waals surface area contributed by atoms with Crippen molar-refractivity contribution < 1.29 is 4.39 Å². The van der Waals surface area contributed by atoms with Gasteiger partial charge in [-0.3, -0.25) is 9.89 Å². The molecular formula is C18H30FN5. The summed E-state index contributed by atoms with van der Waals surface area (Å²) in [5, 5.41) is 6.69. The molecule has 0 bridgehead atoms. The first-order valence-electron chi connectivity index (χ1n) is 8.90. The van der Waals surface area contributed by atoms with Crippen LogP contribution in [0.25, 0.3) is 0 Å². The number of hydrogen-bond donors (Lipinski definition) is 2. The van der Waals surface area contributed by atoms with E-state index >= 15 is 0 Å². The Balaban J connectivity index is 1.65. The number of nitrogens with zero attached hydrogens (tertiary/aromatic N) is 3. The molecule has 1 aromatic rings. The van der Waals surface area contributed by atoms with Gasteiger partial charge < -0.3 is 15.5 Å². The Morgan fingerprint density at radius 3 is 2.38 bits per heavy atom. The van der Waals surface area contributed by atoms with Crippen LogP contribution in [0.2, 0.25) is 0 Å². The van der Waals surface area contributed by atoms with E-state index in [0.29, 0.717) is 0 Å². The van der Waals surface area contributed by atoms with Gasteiger partial charge in [0.1, 0.15) is 5.82 Å². The Morgan fingerprint density at radius 2 is 1.75 bits per heavy atom. The maximum atomic E-state index is 13.0. The summed E-state index contributed by atoms with van der Waals surface area (Å²) in [6.45, 7) is 9.07. The highest BCUT2D eigenvalue weighted by atomic mass is 19.1. The van der Waals surface area contributed by atoms with Gasteiger partial charge in [-0.2, -0.15) is 0 Å². The summed E-state index contributed by atoms with van der Waals surface area (Å²) in [5.74, 6) is 0.706. The zero-order valence-corrected chi connectivity index (χ0v) is 14.9. The SMILES string of the molecule is CCCCNC(=NC)NCCN1CCN(c2ccc(F)cc2)CC1. The Bertz CT molecular complexity index is 495. The lowest BCUT2D eigenvalue weighted by atomic mass is 10.2. The molecule has 0 saturated carbocycles. The standard InChI is InChI=1S/C18H30FN5/c1-3-4-9-21-18(20-2)22-10-11-23-12-14-24(15-13-23)17-7-5-16(19)6-8-17/h5-8H,3-4,9-15H2,1-2H3,(H2,20,21,22). The van der Waals surface area contributed by atoms with Gasteiger partial charge in [-0.15, -0.1) is 0 Å². The Morgan fingerprint density at radius 1 is 1.08 bits per heavy atom. The highest BCUT2D eigenvalue weighted by Gasteiger charge is 2.16. The minimum Gasteiger partial charge on any atom is -0.369 e. The first-order chi connectivity index (χ1) is 11.7. The van der Waals surface area contributed by atoms with E-state index < -0.39 is 0 Å². The number of anilines is 1. The zero-order valence-electron chi connectivity index (χ0n) is 14.9. The molecule has 0 radical (unpaired) electrons. The van der Waals surface area contributed by atoms with Gasteiger partial charge in [0.05, 0.1) is 0 Å². The highest BCUT2D eigenvalue weighted by Crippen LogP contribution is 2.16. The monoisotopic (exact) mass is 335 g/mol. The van der Waals surface area contributed by atoms with Crippen LogP contribution in [-0.4, -0.2) is 63.7 Å². The fourth-order valence-corrected chi connectivity index (χ4v) is 2.82. The van der Waals surface area contributed by atoms with Crippen molar-refractivity contribution in [1.29, 1.82) is 0 Å². The minimum absolute atomic E-state index is 0.176. The molecule has 1 aromatic carbocycles. The van der Waals surface area contributed by atoms with Gasteiger partial charge in [0.25, 0.3) is 0 Å². The van der Waals surface area contributed by atoms with Crippen LogP contribution in [0.15, 0.2) is 29.3 Å². The number of hydrogen-bond acceptors (Lipinski definition) is 3. The predicted molar refractivity (Wildman–Crippen MR) is 99.3 cm³/mol. The molecule has 2 rings (SSSR count). The van der Waals surface area contributed by atoms with Crippen molar-refractivity contribution >= 4 is 11.6 Å². The normalized spacial score (nSPS) is 16.3. The quantitative estimate of drug-likeness (QED) is 0.454. The van der Waals surface area contributed by atoms with E-state index in [4.69, 9.17) is 0 Å². The van der Waals surface area contributed by atoms with Crippen molar-refractivity contribution in [2.24, 2.45) is 4.99 Å². The maximum absolute atomic E-state index is 13.0. The molecule has 0 aliphatic carbocycles. The Hall–Kier alpha value is -1.82. The third-order valence-electron chi connectivity index (χ3n) is 4.33. The molecule has 1 fully saturated rings. The van der Waals surface area contributed by atoms with Crippen LogP contribution in [0.1, 0.15) is 19.8 Å². The molecule has 6 heteroatoms. The fourth-order valence-electron chi connectivity index (χ4n) is 2.82. The predicted octanol–water partition coefficient (Wildman–Crippen LogP) is 1.91. The summed E-state index contributed by atoms with van der Waals surface area (Å²) in [5.41, 5.74) is 1.11. The van der Waals surface area contributed by atoms with Crippen LogP contribution in [0.4, 0.5) is 10.1 Å². The largest absolute Gasteiger partial charge is 0.369 e. The van der Waals surface area contributed by atoms with E-state index in [-0.39, 0.29) is 5.82 Å². The molecule has 1 aliphatic heterocycles. The van der Waals surface area contributed by atoms with Gasteiger partial charge in [0, 0.05) is 58.5 Å². The average Bonchev–Trinajstić information content (AvgIpc) is 2.62. The van der Waals surface area contributed by atoms with Crippen LogP contribution in [0.5, 0.6) is 0 Å². The number of guanidine groups is 1. The molecule has 1 aliphatic rings. The molecule has 1 heterocycles. The van der Waals surface area contributed by atoms with E-state index in [2.05, 4.69) is 32.3 Å². The number of rotatable bonds is 7. The fraction of sp³-hybridized carbons (Fsp3) is 0.611. The number of unbranched alkanes of at least 4 members (excludes halogenated alkanes) is 1. The molecule has 1 saturated heterocycles. The molecular weight excluding hydrogens is 305 g/mol. The zero-order chi connectivity index (χ0) is 17.2. The van der Waals surface area contributed by atoms with Crippen LogP contribution in [-0.2, 0) is 0 Å². The highest BCUT2D eigenvalue weighted by molar-refractivity contribution is 5.79. The molecule has 24 heavy (non-hydrogen) atoms. The summed E-state index contributed by atoms with van der Waals surface area (Å²) in [7, 11) is 1.81. The van der Waals surface area contributed by atoms with Crippen molar-refractivity contribution in [3.05, 3.63) is 30.1 Å². The first-order valence-corrected chi connectivity index (χ1v) is 8.90. The summed E-state index contributed by atoms with van der Waals surface area (Å²) in [6.07, 6.45) is 2.34.